The number of hydrogen-bond donors (Lipinski definition) is 2. The van der Waals surface area contributed by atoms with Crippen molar-refractivity contribution in [2.75, 3.05) is 13.2 Å². The summed E-state index contributed by atoms with van der Waals surface area (Å²) >= 11 is 0. The Morgan fingerprint density at radius 2 is 2.08 bits per heavy atom. The Hall–Kier alpha value is -1.65. The van der Waals surface area contributed by atoms with Crippen LogP contribution in [0.4, 0.5) is 0 Å². The highest BCUT2D eigenvalue weighted by atomic mass is 16.5. The molecule has 0 spiro atoms. The number of imidazole rings is 1. The molecule has 5 atom stereocenters. The molecule has 1 aliphatic heterocycles. The van der Waals surface area contributed by atoms with Crippen LogP contribution in [-0.2, 0) is 4.74 Å². The highest BCUT2D eigenvalue weighted by molar-refractivity contribution is 5.75. The molecule has 2 heterocycles. The summed E-state index contributed by atoms with van der Waals surface area (Å²) in [4.78, 5) is 7.47. The van der Waals surface area contributed by atoms with Gasteiger partial charge in [0.2, 0.25) is 0 Å². The van der Waals surface area contributed by atoms with Crippen LogP contribution in [0.15, 0.2) is 36.2 Å². The zero-order chi connectivity index (χ0) is 18.2. The van der Waals surface area contributed by atoms with Crippen LogP contribution in [0.25, 0.3) is 11.0 Å². The molecule has 1 saturated heterocycles. The maximum absolute atomic E-state index is 10.1. The normalized spacial score (nSPS) is 34.2. The van der Waals surface area contributed by atoms with Crippen molar-refractivity contribution in [2.24, 2.45) is 23.2 Å². The number of aliphatic hydroxyl groups is 1. The summed E-state index contributed by atoms with van der Waals surface area (Å²) in [5.74, 6) is 1.05. The van der Waals surface area contributed by atoms with Crippen molar-refractivity contribution in [2.45, 2.75) is 40.7 Å². The number of aromatic amines is 1. The lowest BCUT2D eigenvalue weighted by Crippen LogP contribution is -2.53. The van der Waals surface area contributed by atoms with E-state index in [1.165, 1.54) is 11.1 Å². The number of nitrogens with one attached hydrogen (secondary N) is 1. The molecule has 5 unspecified atom stereocenters. The van der Waals surface area contributed by atoms with Gasteiger partial charge >= 0.3 is 0 Å². The molecule has 4 rings (SSSR count). The summed E-state index contributed by atoms with van der Waals surface area (Å²) in [7, 11) is 0. The zero-order valence-electron chi connectivity index (χ0n) is 15.9. The first-order valence-electron chi connectivity index (χ1n) is 9.40. The molecule has 1 aromatic heterocycles. The summed E-state index contributed by atoms with van der Waals surface area (Å²) in [6.07, 6.45) is 4.11. The quantitative estimate of drug-likeness (QED) is 0.791. The number of ether oxygens (including phenoxy) is 1. The van der Waals surface area contributed by atoms with Crippen molar-refractivity contribution < 1.29 is 9.84 Å². The largest absolute Gasteiger partial charge is 0.396 e. The third-order valence-corrected chi connectivity index (χ3v) is 6.32. The fourth-order valence-electron chi connectivity index (χ4n) is 4.72. The van der Waals surface area contributed by atoms with Crippen LogP contribution in [0.3, 0.4) is 0 Å². The molecule has 0 saturated carbocycles. The van der Waals surface area contributed by atoms with Crippen LogP contribution in [0.2, 0.25) is 0 Å². The molecular formula is C21H30N2O2. The first kappa shape index (κ1) is 18.2. The van der Waals surface area contributed by atoms with Crippen molar-refractivity contribution in [3.63, 3.8) is 0 Å². The number of aliphatic hydroxyl groups excluding tert-OH is 1. The maximum Gasteiger partial charge on any atom is 0.0931 e. The van der Waals surface area contributed by atoms with Crippen molar-refractivity contribution in [1.82, 2.24) is 9.97 Å². The topological polar surface area (TPSA) is 58.1 Å². The third-order valence-electron chi connectivity index (χ3n) is 6.32. The number of benzene rings is 1. The standard InChI is InChI=1S/C19H24N2O2.C2H6/c1-11-6-12(2)19(8-22)9-23-18(17(11)13(19)3)14-4-5-15-16(7-14)21-10-20-15;1-2/h4-7,10,12-13,17-18,22H,8-9H2,1-3H3,(H,20,21);1-2H3. The number of rotatable bonds is 2. The van der Waals surface area contributed by atoms with Crippen molar-refractivity contribution in [3.05, 3.63) is 41.7 Å². The molecule has 2 aromatic rings. The van der Waals surface area contributed by atoms with Gasteiger partial charge in [-0.1, -0.05) is 45.4 Å². The summed E-state index contributed by atoms with van der Waals surface area (Å²) in [6, 6.07) is 6.32. The summed E-state index contributed by atoms with van der Waals surface area (Å²) in [5, 5.41) is 10.1. The molecule has 25 heavy (non-hydrogen) atoms. The van der Waals surface area contributed by atoms with Crippen molar-refractivity contribution in [3.8, 4) is 0 Å². The second-order valence-electron chi connectivity index (χ2n) is 7.32. The minimum absolute atomic E-state index is 0.0427. The molecule has 4 nitrogen and oxygen atoms in total. The maximum atomic E-state index is 10.1. The lowest BCUT2D eigenvalue weighted by atomic mass is 9.56. The molecular weight excluding hydrogens is 312 g/mol. The number of allylic oxidation sites excluding steroid dienone is 1. The number of H-pyrrole nitrogens is 1. The van der Waals surface area contributed by atoms with Gasteiger partial charge in [0.25, 0.3) is 0 Å². The molecule has 0 radical (unpaired) electrons. The van der Waals surface area contributed by atoms with Gasteiger partial charge in [-0.2, -0.15) is 0 Å². The Bertz CT molecular complexity index is 766. The van der Waals surface area contributed by atoms with Gasteiger partial charge in [-0.15, -0.1) is 0 Å². The van der Waals surface area contributed by atoms with Gasteiger partial charge < -0.3 is 14.8 Å². The Balaban J connectivity index is 0.000000880. The first-order chi connectivity index (χ1) is 12.1. The predicted octanol–water partition coefficient (Wildman–Crippen LogP) is 4.49. The van der Waals surface area contributed by atoms with Crippen LogP contribution < -0.4 is 0 Å². The summed E-state index contributed by atoms with van der Waals surface area (Å²) in [5.41, 5.74) is 4.44. The van der Waals surface area contributed by atoms with Crippen molar-refractivity contribution in [1.29, 1.82) is 0 Å². The van der Waals surface area contributed by atoms with E-state index < -0.39 is 0 Å². The highest BCUT2D eigenvalue weighted by Gasteiger charge is 2.53. The third kappa shape index (κ3) is 2.72. The Morgan fingerprint density at radius 1 is 1.32 bits per heavy atom. The van der Waals surface area contributed by atoms with E-state index >= 15 is 0 Å². The van der Waals surface area contributed by atoms with E-state index in [0.29, 0.717) is 24.4 Å². The molecule has 2 N–H and O–H groups in total. The monoisotopic (exact) mass is 342 g/mol. The molecule has 2 bridgehead atoms. The lowest BCUT2D eigenvalue weighted by molar-refractivity contribution is -0.165. The highest BCUT2D eigenvalue weighted by Crippen LogP contribution is 2.55. The summed E-state index contributed by atoms with van der Waals surface area (Å²) in [6.45, 7) is 11.5. The van der Waals surface area contributed by atoms with E-state index in [1.54, 1.807) is 6.33 Å². The van der Waals surface area contributed by atoms with E-state index in [-0.39, 0.29) is 18.1 Å². The van der Waals surface area contributed by atoms with Gasteiger partial charge in [0, 0.05) is 11.3 Å². The fourth-order valence-corrected chi connectivity index (χ4v) is 4.72. The SMILES string of the molecule is CC.CC1=CC(C)C2(CO)COC(c3ccc4nc[nH]c4c3)C1C2C. The predicted molar refractivity (Wildman–Crippen MR) is 101 cm³/mol. The Labute approximate surface area is 150 Å². The second-order valence-corrected chi connectivity index (χ2v) is 7.32. The van der Waals surface area contributed by atoms with Crippen molar-refractivity contribution >= 4 is 11.0 Å². The second kappa shape index (κ2) is 6.93. The zero-order valence-corrected chi connectivity index (χ0v) is 15.9. The van der Waals surface area contributed by atoms with E-state index in [2.05, 4.69) is 48.9 Å². The molecule has 1 fully saturated rings. The van der Waals surface area contributed by atoms with Crippen LogP contribution in [0.1, 0.15) is 46.3 Å². The fraction of sp³-hybridized carbons (Fsp3) is 0.571. The number of hydrogen-bond acceptors (Lipinski definition) is 3. The molecule has 4 heteroatoms. The van der Waals surface area contributed by atoms with E-state index in [4.69, 9.17) is 4.74 Å². The molecule has 136 valence electrons. The molecule has 1 aromatic carbocycles. The number of fused-ring (bicyclic) bond motifs is 3. The van der Waals surface area contributed by atoms with Crippen LogP contribution in [0, 0.1) is 23.2 Å². The molecule has 0 amide bonds. The number of aromatic nitrogens is 2. The van der Waals surface area contributed by atoms with E-state index in [9.17, 15) is 5.11 Å². The number of nitrogens with zero attached hydrogens (tertiary/aromatic N) is 1. The summed E-state index contributed by atoms with van der Waals surface area (Å²) < 4.78 is 6.33. The van der Waals surface area contributed by atoms with Gasteiger partial charge in [-0.25, -0.2) is 4.98 Å². The van der Waals surface area contributed by atoms with Crippen LogP contribution in [0.5, 0.6) is 0 Å². The van der Waals surface area contributed by atoms with Gasteiger partial charge in [0.15, 0.2) is 0 Å². The minimum Gasteiger partial charge on any atom is -0.396 e. The van der Waals surface area contributed by atoms with Crippen LogP contribution >= 0.6 is 0 Å². The average Bonchev–Trinajstić information content (AvgIpc) is 3.09. The average molecular weight is 342 g/mol. The van der Waals surface area contributed by atoms with Gasteiger partial charge in [-0.3, -0.25) is 0 Å². The Kier molecular flexibility index (Phi) is 5.03. The minimum atomic E-state index is -0.154. The lowest BCUT2D eigenvalue weighted by Gasteiger charge is -2.55. The van der Waals surface area contributed by atoms with Crippen LogP contribution in [-0.4, -0.2) is 28.3 Å². The van der Waals surface area contributed by atoms with Gasteiger partial charge in [-0.05, 0) is 36.5 Å². The van der Waals surface area contributed by atoms with Gasteiger partial charge in [0.1, 0.15) is 0 Å². The van der Waals surface area contributed by atoms with E-state index in [1.807, 2.05) is 19.9 Å². The Morgan fingerprint density at radius 3 is 2.80 bits per heavy atom. The van der Waals surface area contributed by atoms with E-state index in [0.717, 1.165) is 11.0 Å². The smallest absolute Gasteiger partial charge is 0.0931 e. The molecule has 2 aliphatic rings. The van der Waals surface area contributed by atoms with Gasteiger partial charge in [0.05, 0.1) is 36.7 Å². The molecule has 1 aliphatic carbocycles. The first-order valence-corrected chi connectivity index (χ1v) is 9.40.